The summed E-state index contributed by atoms with van der Waals surface area (Å²) in [5, 5.41) is 2.92. The summed E-state index contributed by atoms with van der Waals surface area (Å²) in [5.74, 6) is -0.304. The monoisotopic (exact) mass is 427 g/mol. The largest absolute Gasteiger partial charge is 0.371 e. The molecule has 2 aliphatic heterocycles. The summed E-state index contributed by atoms with van der Waals surface area (Å²) in [5.41, 5.74) is 2.16. The molecule has 0 atom stereocenters. The second kappa shape index (κ2) is 9.18. The van der Waals surface area contributed by atoms with E-state index in [1.165, 1.54) is 29.6 Å². The Labute approximate surface area is 178 Å². The molecule has 6 nitrogen and oxygen atoms in total. The molecule has 0 bridgehead atoms. The van der Waals surface area contributed by atoms with Crippen molar-refractivity contribution in [2.24, 2.45) is 0 Å². The van der Waals surface area contributed by atoms with Crippen LogP contribution in [0.2, 0.25) is 0 Å². The van der Waals surface area contributed by atoms with E-state index in [4.69, 9.17) is 0 Å². The first-order valence-electron chi connectivity index (χ1n) is 10.8. The smallest absolute Gasteiger partial charge is 0.255 e. The van der Waals surface area contributed by atoms with E-state index in [-0.39, 0.29) is 10.8 Å². The molecule has 160 valence electrons. The average Bonchev–Trinajstić information content (AvgIpc) is 2.80. The highest BCUT2D eigenvalue weighted by Gasteiger charge is 2.26. The van der Waals surface area contributed by atoms with E-state index in [9.17, 15) is 13.2 Å². The molecule has 0 unspecified atom stereocenters. The molecule has 0 spiro atoms. The summed E-state index contributed by atoms with van der Waals surface area (Å²) in [6.45, 7) is 3.16. The third-order valence-corrected chi connectivity index (χ3v) is 7.77. The number of benzene rings is 2. The van der Waals surface area contributed by atoms with Crippen molar-refractivity contribution in [1.29, 1.82) is 0 Å². The van der Waals surface area contributed by atoms with Crippen LogP contribution in [-0.2, 0) is 10.0 Å². The highest BCUT2D eigenvalue weighted by atomic mass is 32.2. The summed E-state index contributed by atoms with van der Waals surface area (Å²) < 4.78 is 27.4. The molecule has 1 N–H and O–H groups in total. The molecule has 2 saturated heterocycles. The first-order valence-corrected chi connectivity index (χ1v) is 12.2. The van der Waals surface area contributed by atoms with Crippen molar-refractivity contribution >= 4 is 27.3 Å². The molecule has 4 rings (SSSR count). The Morgan fingerprint density at radius 3 is 2.20 bits per heavy atom. The van der Waals surface area contributed by atoms with Crippen LogP contribution in [0.4, 0.5) is 11.4 Å². The van der Waals surface area contributed by atoms with E-state index in [0.29, 0.717) is 24.3 Å². The predicted molar refractivity (Wildman–Crippen MR) is 120 cm³/mol. The SMILES string of the molecule is O=C(Nc1cccc(N2CCCCC2)c1)c1cccc(S(=O)(=O)N2CCCCC2)c1. The summed E-state index contributed by atoms with van der Waals surface area (Å²) in [7, 11) is -3.57. The fraction of sp³-hybridized carbons (Fsp3) is 0.435. The Morgan fingerprint density at radius 2 is 1.47 bits per heavy atom. The van der Waals surface area contributed by atoms with Gasteiger partial charge < -0.3 is 10.2 Å². The van der Waals surface area contributed by atoms with E-state index in [1.54, 1.807) is 18.2 Å². The summed E-state index contributed by atoms with van der Waals surface area (Å²) in [6, 6.07) is 14.2. The number of rotatable bonds is 5. The maximum atomic E-state index is 12.9. The molecular weight excluding hydrogens is 398 g/mol. The number of hydrogen-bond donors (Lipinski definition) is 1. The molecule has 1 amide bonds. The topological polar surface area (TPSA) is 69.7 Å². The molecule has 0 aliphatic carbocycles. The summed E-state index contributed by atoms with van der Waals surface area (Å²) >= 11 is 0. The number of nitrogens with zero attached hydrogens (tertiary/aromatic N) is 2. The molecule has 7 heteroatoms. The fourth-order valence-electron chi connectivity index (χ4n) is 4.19. The lowest BCUT2D eigenvalue weighted by Crippen LogP contribution is -2.35. The van der Waals surface area contributed by atoms with Crippen LogP contribution in [0.15, 0.2) is 53.4 Å². The second-order valence-corrected chi connectivity index (χ2v) is 9.98. The summed E-state index contributed by atoms with van der Waals surface area (Å²) in [4.78, 5) is 15.3. The van der Waals surface area contributed by atoms with Crippen LogP contribution >= 0.6 is 0 Å². The average molecular weight is 428 g/mol. The molecule has 2 heterocycles. The molecule has 0 saturated carbocycles. The zero-order valence-corrected chi connectivity index (χ0v) is 18.0. The van der Waals surface area contributed by atoms with Crippen LogP contribution < -0.4 is 10.2 Å². The minimum Gasteiger partial charge on any atom is -0.371 e. The van der Waals surface area contributed by atoms with E-state index in [1.807, 2.05) is 18.2 Å². The zero-order valence-electron chi connectivity index (χ0n) is 17.2. The van der Waals surface area contributed by atoms with Gasteiger partial charge >= 0.3 is 0 Å². The Balaban J connectivity index is 1.50. The van der Waals surface area contributed by atoms with Gasteiger partial charge in [0.2, 0.25) is 10.0 Å². The molecule has 30 heavy (non-hydrogen) atoms. The number of anilines is 2. The van der Waals surface area contributed by atoms with Crippen molar-refractivity contribution in [3.05, 3.63) is 54.1 Å². The molecular formula is C23H29N3O3S. The van der Waals surface area contributed by atoms with Crippen LogP contribution in [0.3, 0.4) is 0 Å². The fourth-order valence-corrected chi connectivity index (χ4v) is 5.75. The number of carbonyl (C=O) groups is 1. The van der Waals surface area contributed by atoms with Gasteiger partial charge in [-0.05, 0) is 68.5 Å². The molecule has 2 aliphatic rings. The minimum absolute atomic E-state index is 0.180. The van der Waals surface area contributed by atoms with E-state index in [2.05, 4.69) is 16.3 Å². The number of piperidine rings is 2. The van der Waals surface area contributed by atoms with Crippen molar-refractivity contribution in [2.45, 2.75) is 43.4 Å². The normalized spacial score (nSPS) is 18.2. The van der Waals surface area contributed by atoms with Gasteiger partial charge in [0.25, 0.3) is 5.91 Å². The number of sulfonamides is 1. The highest BCUT2D eigenvalue weighted by Crippen LogP contribution is 2.24. The third-order valence-electron chi connectivity index (χ3n) is 5.87. The van der Waals surface area contributed by atoms with Crippen molar-refractivity contribution in [2.75, 3.05) is 36.4 Å². The van der Waals surface area contributed by atoms with Gasteiger partial charge in [0.15, 0.2) is 0 Å². The lowest BCUT2D eigenvalue weighted by Gasteiger charge is -2.29. The van der Waals surface area contributed by atoms with Crippen LogP contribution in [0.1, 0.15) is 48.9 Å². The standard InChI is InChI=1S/C23H29N3O3S/c27-23(24-20-10-8-11-21(18-20)25-13-3-1-4-14-25)19-9-7-12-22(17-19)30(28,29)26-15-5-2-6-16-26/h7-12,17-18H,1-6,13-16H2,(H,24,27). The van der Waals surface area contributed by atoms with Crippen LogP contribution in [0.5, 0.6) is 0 Å². The lowest BCUT2D eigenvalue weighted by atomic mass is 10.1. The number of nitrogens with one attached hydrogen (secondary N) is 1. The van der Waals surface area contributed by atoms with Crippen molar-refractivity contribution in [3.63, 3.8) is 0 Å². The minimum atomic E-state index is -3.57. The van der Waals surface area contributed by atoms with Crippen molar-refractivity contribution < 1.29 is 13.2 Å². The first-order chi connectivity index (χ1) is 14.5. The quantitative estimate of drug-likeness (QED) is 0.780. The van der Waals surface area contributed by atoms with Crippen LogP contribution in [0, 0.1) is 0 Å². The predicted octanol–water partition coefficient (Wildman–Crippen LogP) is 4.10. The van der Waals surface area contributed by atoms with Gasteiger partial charge in [0.05, 0.1) is 4.90 Å². The number of carbonyl (C=O) groups excluding carboxylic acids is 1. The van der Waals surface area contributed by atoms with E-state index in [0.717, 1.165) is 38.0 Å². The second-order valence-electron chi connectivity index (χ2n) is 8.04. The van der Waals surface area contributed by atoms with Gasteiger partial charge in [0, 0.05) is 43.1 Å². The number of amides is 1. The summed E-state index contributed by atoms with van der Waals surface area (Å²) in [6.07, 6.45) is 6.47. The molecule has 0 radical (unpaired) electrons. The molecule has 2 aromatic rings. The van der Waals surface area contributed by atoms with Crippen LogP contribution in [-0.4, -0.2) is 44.8 Å². The third kappa shape index (κ3) is 4.68. The molecule has 2 aromatic carbocycles. The first kappa shape index (κ1) is 20.9. The molecule has 2 fully saturated rings. The Kier molecular flexibility index (Phi) is 6.39. The van der Waals surface area contributed by atoms with Crippen LogP contribution in [0.25, 0.3) is 0 Å². The highest BCUT2D eigenvalue weighted by molar-refractivity contribution is 7.89. The van der Waals surface area contributed by atoms with E-state index >= 15 is 0 Å². The molecule has 0 aromatic heterocycles. The van der Waals surface area contributed by atoms with Gasteiger partial charge in [0.1, 0.15) is 0 Å². The lowest BCUT2D eigenvalue weighted by molar-refractivity contribution is 0.102. The Morgan fingerprint density at radius 1 is 0.800 bits per heavy atom. The van der Waals surface area contributed by atoms with Gasteiger partial charge in [-0.25, -0.2) is 8.42 Å². The Hall–Kier alpha value is -2.38. The van der Waals surface area contributed by atoms with Crippen molar-refractivity contribution in [3.8, 4) is 0 Å². The van der Waals surface area contributed by atoms with Gasteiger partial charge in [-0.15, -0.1) is 0 Å². The maximum absolute atomic E-state index is 12.9. The Bertz CT molecular complexity index is 994. The maximum Gasteiger partial charge on any atom is 0.255 e. The van der Waals surface area contributed by atoms with Crippen molar-refractivity contribution in [1.82, 2.24) is 4.31 Å². The van der Waals surface area contributed by atoms with E-state index < -0.39 is 10.0 Å². The number of hydrogen-bond acceptors (Lipinski definition) is 4. The van der Waals surface area contributed by atoms with Gasteiger partial charge in [-0.1, -0.05) is 18.6 Å². The van der Waals surface area contributed by atoms with Gasteiger partial charge in [-0.3, -0.25) is 4.79 Å². The van der Waals surface area contributed by atoms with Gasteiger partial charge in [-0.2, -0.15) is 4.31 Å². The zero-order chi connectivity index (χ0) is 21.0.